The SMILES string of the molecule is Cc1cc(C)n(Cc2cccc(C(=O)Nc3c(C(=O)N4CCOCC4)oc4ccccc34)c2)n1. The highest BCUT2D eigenvalue weighted by Gasteiger charge is 2.27. The van der Waals surface area contributed by atoms with E-state index < -0.39 is 0 Å². The van der Waals surface area contributed by atoms with Crippen LogP contribution in [0.5, 0.6) is 0 Å². The average molecular weight is 459 g/mol. The van der Waals surface area contributed by atoms with Gasteiger partial charge in [-0.15, -0.1) is 0 Å². The van der Waals surface area contributed by atoms with Gasteiger partial charge >= 0.3 is 0 Å². The molecule has 174 valence electrons. The molecule has 34 heavy (non-hydrogen) atoms. The third kappa shape index (κ3) is 4.32. The number of aryl methyl sites for hydroxylation is 2. The maximum absolute atomic E-state index is 13.3. The number of hydrogen-bond acceptors (Lipinski definition) is 5. The Morgan fingerprint density at radius 1 is 1.03 bits per heavy atom. The first-order valence-corrected chi connectivity index (χ1v) is 11.3. The second-order valence-corrected chi connectivity index (χ2v) is 8.45. The smallest absolute Gasteiger partial charge is 0.291 e. The Bertz CT molecular complexity index is 1360. The van der Waals surface area contributed by atoms with Gasteiger partial charge in [0.25, 0.3) is 11.8 Å². The van der Waals surface area contributed by atoms with Crippen molar-refractivity contribution in [2.24, 2.45) is 0 Å². The second kappa shape index (κ2) is 9.15. The van der Waals surface area contributed by atoms with Crippen LogP contribution in [0.25, 0.3) is 11.0 Å². The monoisotopic (exact) mass is 458 g/mol. The Morgan fingerprint density at radius 3 is 2.59 bits per heavy atom. The minimum atomic E-state index is -0.308. The van der Waals surface area contributed by atoms with Gasteiger partial charge in [-0.2, -0.15) is 5.10 Å². The number of amides is 2. The van der Waals surface area contributed by atoms with Crippen molar-refractivity contribution in [2.45, 2.75) is 20.4 Å². The number of furan rings is 1. The normalized spacial score (nSPS) is 13.9. The Labute approximate surface area is 197 Å². The van der Waals surface area contributed by atoms with Gasteiger partial charge < -0.3 is 19.4 Å². The number of hydrogen-bond donors (Lipinski definition) is 1. The van der Waals surface area contributed by atoms with E-state index in [1.165, 1.54) is 0 Å². The zero-order chi connectivity index (χ0) is 23.7. The number of morpholine rings is 1. The number of benzene rings is 2. The van der Waals surface area contributed by atoms with Crippen LogP contribution in [0.3, 0.4) is 0 Å². The molecule has 0 spiro atoms. The summed E-state index contributed by atoms with van der Waals surface area (Å²) in [5.41, 5.74) is 4.41. The molecular weight excluding hydrogens is 432 g/mol. The van der Waals surface area contributed by atoms with Crippen LogP contribution in [-0.2, 0) is 11.3 Å². The van der Waals surface area contributed by atoms with Gasteiger partial charge in [-0.25, -0.2) is 0 Å². The zero-order valence-electron chi connectivity index (χ0n) is 19.2. The summed E-state index contributed by atoms with van der Waals surface area (Å²) in [6.07, 6.45) is 0. The lowest BCUT2D eigenvalue weighted by Crippen LogP contribution is -2.40. The van der Waals surface area contributed by atoms with Crippen molar-refractivity contribution < 1.29 is 18.7 Å². The number of carbonyl (C=O) groups excluding carboxylic acids is 2. The predicted octanol–water partition coefficient (Wildman–Crippen LogP) is 4.02. The molecule has 1 N–H and O–H groups in total. The molecule has 3 heterocycles. The molecule has 0 atom stereocenters. The summed E-state index contributed by atoms with van der Waals surface area (Å²) in [5.74, 6) is -0.430. The van der Waals surface area contributed by atoms with E-state index in [9.17, 15) is 9.59 Å². The number of para-hydroxylation sites is 1. The number of carbonyl (C=O) groups is 2. The number of nitrogens with zero attached hydrogens (tertiary/aromatic N) is 3. The lowest BCUT2D eigenvalue weighted by molar-refractivity contribution is 0.0285. The Hall–Kier alpha value is -3.91. The minimum Gasteiger partial charge on any atom is -0.449 e. The molecule has 4 aromatic rings. The number of nitrogens with one attached hydrogen (secondary N) is 1. The van der Waals surface area contributed by atoms with Gasteiger partial charge in [0.05, 0.1) is 25.5 Å². The molecule has 1 saturated heterocycles. The summed E-state index contributed by atoms with van der Waals surface area (Å²) >= 11 is 0. The molecule has 1 aliphatic rings. The van der Waals surface area contributed by atoms with E-state index in [0.717, 1.165) is 17.0 Å². The topological polar surface area (TPSA) is 89.6 Å². The van der Waals surface area contributed by atoms with Crippen molar-refractivity contribution in [3.05, 3.63) is 82.9 Å². The Kier molecular flexibility index (Phi) is 5.90. The summed E-state index contributed by atoms with van der Waals surface area (Å²) in [5, 5.41) is 8.13. The van der Waals surface area contributed by atoms with E-state index in [1.807, 2.05) is 61.0 Å². The molecule has 0 unspecified atom stereocenters. The summed E-state index contributed by atoms with van der Waals surface area (Å²) in [4.78, 5) is 28.2. The van der Waals surface area contributed by atoms with E-state index in [4.69, 9.17) is 9.15 Å². The summed E-state index contributed by atoms with van der Waals surface area (Å²) in [6.45, 7) is 6.46. The third-order valence-electron chi connectivity index (χ3n) is 5.95. The van der Waals surface area contributed by atoms with Crippen LogP contribution in [0.2, 0.25) is 0 Å². The van der Waals surface area contributed by atoms with E-state index in [1.54, 1.807) is 17.0 Å². The maximum Gasteiger partial charge on any atom is 0.291 e. The first-order valence-electron chi connectivity index (χ1n) is 11.3. The lowest BCUT2D eigenvalue weighted by atomic mass is 10.1. The number of rotatable bonds is 5. The molecule has 8 heteroatoms. The highest BCUT2D eigenvalue weighted by Crippen LogP contribution is 2.32. The molecule has 0 bridgehead atoms. The third-order valence-corrected chi connectivity index (χ3v) is 5.95. The van der Waals surface area contributed by atoms with Crippen LogP contribution in [0.15, 0.2) is 59.0 Å². The molecule has 5 rings (SSSR count). The summed E-state index contributed by atoms with van der Waals surface area (Å²) < 4.78 is 13.2. The largest absolute Gasteiger partial charge is 0.449 e. The van der Waals surface area contributed by atoms with E-state index >= 15 is 0 Å². The van der Waals surface area contributed by atoms with Crippen LogP contribution < -0.4 is 5.32 Å². The minimum absolute atomic E-state index is 0.134. The predicted molar refractivity (Wildman–Crippen MR) is 128 cm³/mol. The molecule has 2 amide bonds. The molecule has 2 aromatic heterocycles. The standard InChI is InChI=1S/C26H26N4O4/c1-17-14-18(2)30(28-17)16-19-6-5-7-20(15-19)25(31)27-23-21-8-3-4-9-22(21)34-24(23)26(32)29-10-12-33-13-11-29/h3-9,14-15H,10-13,16H2,1-2H3,(H,27,31). The number of ether oxygens (including phenoxy) is 1. The quantitative estimate of drug-likeness (QED) is 0.488. The van der Waals surface area contributed by atoms with Crippen LogP contribution >= 0.6 is 0 Å². The van der Waals surface area contributed by atoms with Crippen molar-refractivity contribution in [1.82, 2.24) is 14.7 Å². The van der Waals surface area contributed by atoms with E-state index in [2.05, 4.69) is 10.4 Å². The fourth-order valence-corrected chi connectivity index (χ4v) is 4.23. The maximum atomic E-state index is 13.3. The fraction of sp³-hybridized carbons (Fsp3) is 0.269. The second-order valence-electron chi connectivity index (χ2n) is 8.45. The highest BCUT2D eigenvalue weighted by atomic mass is 16.5. The van der Waals surface area contributed by atoms with E-state index in [-0.39, 0.29) is 17.6 Å². The van der Waals surface area contributed by atoms with Gasteiger partial charge in [0, 0.05) is 29.7 Å². The first-order chi connectivity index (χ1) is 16.5. The number of anilines is 1. The van der Waals surface area contributed by atoms with E-state index in [0.29, 0.717) is 55.1 Å². The molecule has 0 radical (unpaired) electrons. The van der Waals surface area contributed by atoms with Gasteiger partial charge in [0.2, 0.25) is 5.76 Å². The number of aromatic nitrogens is 2. The van der Waals surface area contributed by atoms with Crippen LogP contribution in [0, 0.1) is 13.8 Å². The van der Waals surface area contributed by atoms with Gasteiger partial charge in [0.15, 0.2) is 0 Å². The Balaban J connectivity index is 1.43. The number of fused-ring (bicyclic) bond motifs is 1. The van der Waals surface area contributed by atoms with Crippen LogP contribution in [0.1, 0.15) is 37.9 Å². The first kappa shape index (κ1) is 21.9. The van der Waals surface area contributed by atoms with Crippen molar-refractivity contribution in [3.8, 4) is 0 Å². The molecule has 0 saturated carbocycles. The highest BCUT2D eigenvalue weighted by molar-refractivity contribution is 6.14. The van der Waals surface area contributed by atoms with Crippen molar-refractivity contribution in [2.75, 3.05) is 31.6 Å². The fourth-order valence-electron chi connectivity index (χ4n) is 4.23. The summed E-state index contributed by atoms with van der Waals surface area (Å²) in [7, 11) is 0. The molecular formula is C26H26N4O4. The van der Waals surface area contributed by atoms with Gasteiger partial charge in [-0.3, -0.25) is 14.3 Å². The van der Waals surface area contributed by atoms with Crippen molar-refractivity contribution in [1.29, 1.82) is 0 Å². The molecule has 2 aromatic carbocycles. The van der Waals surface area contributed by atoms with Crippen LogP contribution in [-0.4, -0.2) is 52.8 Å². The van der Waals surface area contributed by atoms with Gasteiger partial charge in [-0.05, 0) is 49.7 Å². The van der Waals surface area contributed by atoms with Crippen molar-refractivity contribution in [3.63, 3.8) is 0 Å². The average Bonchev–Trinajstić information content (AvgIpc) is 3.38. The molecule has 0 aliphatic carbocycles. The zero-order valence-corrected chi connectivity index (χ0v) is 19.2. The molecule has 1 fully saturated rings. The van der Waals surface area contributed by atoms with Crippen LogP contribution in [0.4, 0.5) is 5.69 Å². The molecule has 8 nitrogen and oxygen atoms in total. The molecule has 1 aliphatic heterocycles. The van der Waals surface area contributed by atoms with Gasteiger partial charge in [-0.1, -0.05) is 24.3 Å². The van der Waals surface area contributed by atoms with Gasteiger partial charge in [0.1, 0.15) is 11.3 Å². The summed E-state index contributed by atoms with van der Waals surface area (Å²) in [6, 6.07) is 16.8. The van der Waals surface area contributed by atoms with Crippen molar-refractivity contribution >= 4 is 28.5 Å². The Morgan fingerprint density at radius 2 is 1.82 bits per heavy atom. The lowest BCUT2D eigenvalue weighted by Gasteiger charge is -2.26.